The molecule has 1 heterocycles. The van der Waals surface area contributed by atoms with Gasteiger partial charge in [-0.05, 0) is 80.1 Å². The van der Waals surface area contributed by atoms with E-state index in [4.69, 9.17) is 0 Å². The predicted molar refractivity (Wildman–Crippen MR) is 150 cm³/mol. The Bertz CT molecular complexity index is 1460. The summed E-state index contributed by atoms with van der Waals surface area (Å²) in [5.41, 5.74) is 2.96. The van der Waals surface area contributed by atoms with Crippen molar-refractivity contribution in [3.63, 3.8) is 0 Å². The largest absolute Gasteiger partial charge is 0.326 e. The number of carbonyl (C=O) groups is 1. The van der Waals surface area contributed by atoms with Crippen LogP contribution in [0.1, 0.15) is 30.4 Å². The van der Waals surface area contributed by atoms with Gasteiger partial charge in [0.15, 0.2) is 0 Å². The highest BCUT2D eigenvalue weighted by atomic mass is 32.2. The molecule has 0 aromatic heterocycles. The van der Waals surface area contributed by atoms with Gasteiger partial charge in [-0.25, -0.2) is 21.1 Å². The maximum absolute atomic E-state index is 12.9. The van der Waals surface area contributed by atoms with E-state index in [2.05, 4.69) is 10.0 Å². The van der Waals surface area contributed by atoms with Crippen molar-refractivity contribution >= 4 is 37.3 Å². The van der Waals surface area contributed by atoms with Gasteiger partial charge in [0.2, 0.25) is 15.9 Å². The van der Waals surface area contributed by atoms with Crippen molar-refractivity contribution in [3.05, 3.63) is 90.0 Å². The molecule has 4 rings (SSSR count). The smallest absolute Gasteiger partial charge is 0.261 e. The van der Waals surface area contributed by atoms with E-state index in [1.165, 1.54) is 28.6 Å². The molecule has 1 atom stereocenters. The van der Waals surface area contributed by atoms with Gasteiger partial charge in [-0.2, -0.15) is 0 Å². The zero-order valence-corrected chi connectivity index (χ0v) is 23.0. The molecule has 0 spiro atoms. The first kappa shape index (κ1) is 27.8. The molecule has 8 nitrogen and oxygen atoms in total. The molecule has 3 aromatic rings. The first-order chi connectivity index (χ1) is 18.1. The minimum atomic E-state index is -3.78. The quantitative estimate of drug-likeness (QED) is 0.385. The van der Waals surface area contributed by atoms with Crippen LogP contribution in [-0.4, -0.2) is 45.9 Å². The van der Waals surface area contributed by atoms with Crippen molar-refractivity contribution < 1.29 is 21.6 Å². The average molecular weight is 556 g/mol. The van der Waals surface area contributed by atoms with Crippen molar-refractivity contribution in [2.75, 3.05) is 28.9 Å². The number of nitrogens with one attached hydrogen (secondary N) is 2. The summed E-state index contributed by atoms with van der Waals surface area (Å²) in [5.74, 6) is -0.704. The normalized spacial score (nSPS) is 16.6. The summed E-state index contributed by atoms with van der Waals surface area (Å²) < 4.78 is 55.2. The Morgan fingerprint density at radius 3 is 2.37 bits per heavy atom. The number of rotatable bonds is 10. The number of carbonyl (C=O) groups excluding carboxylic acids is 1. The topological polar surface area (TPSA) is 113 Å². The van der Waals surface area contributed by atoms with Crippen molar-refractivity contribution in [2.24, 2.45) is 5.92 Å². The Balaban J connectivity index is 1.32. The molecule has 38 heavy (non-hydrogen) atoms. The lowest BCUT2D eigenvalue weighted by molar-refractivity contribution is -0.120. The predicted octanol–water partition coefficient (Wildman–Crippen LogP) is 4.41. The number of anilines is 2. The van der Waals surface area contributed by atoms with E-state index < -0.39 is 26.0 Å². The van der Waals surface area contributed by atoms with E-state index >= 15 is 0 Å². The summed E-state index contributed by atoms with van der Waals surface area (Å²) in [5, 5.41) is 2.81. The summed E-state index contributed by atoms with van der Waals surface area (Å²) in [6.07, 6.45) is 2.41. The fourth-order valence-corrected chi connectivity index (χ4v) is 7.16. The van der Waals surface area contributed by atoms with E-state index in [-0.39, 0.29) is 23.1 Å². The number of nitrogens with zero attached hydrogens (tertiary/aromatic N) is 1. The lowest BCUT2D eigenvalue weighted by Crippen LogP contribution is -2.44. The van der Waals surface area contributed by atoms with Gasteiger partial charge in [0.05, 0.1) is 16.6 Å². The van der Waals surface area contributed by atoms with Crippen LogP contribution in [0.3, 0.4) is 0 Å². The second-order valence-electron chi connectivity index (χ2n) is 9.59. The lowest BCUT2D eigenvalue weighted by Gasteiger charge is -2.31. The third-order valence-corrected chi connectivity index (χ3v) is 9.88. The molecule has 1 aliphatic rings. The van der Waals surface area contributed by atoms with Gasteiger partial charge in [0.1, 0.15) is 0 Å². The molecule has 1 fully saturated rings. The second kappa shape index (κ2) is 12.1. The fourth-order valence-electron chi connectivity index (χ4n) is 4.53. The number of amides is 1. The molecule has 2 N–H and O–H groups in total. The van der Waals surface area contributed by atoms with Crippen LogP contribution in [0, 0.1) is 12.8 Å². The molecular formula is C28H33N3O5S2. The lowest BCUT2D eigenvalue weighted by atomic mass is 9.99. The molecule has 1 amide bonds. The van der Waals surface area contributed by atoms with E-state index in [1.54, 1.807) is 18.2 Å². The van der Waals surface area contributed by atoms with Crippen molar-refractivity contribution in [3.8, 4) is 0 Å². The van der Waals surface area contributed by atoms with Gasteiger partial charge in [-0.1, -0.05) is 42.5 Å². The number of hydrogen-bond acceptors (Lipinski definition) is 5. The van der Waals surface area contributed by atoms with E-state index in [0.717, 1.165) is 11.1 Å². The van der Waals surface area contributed by atoms with Crippen molar-refractivity contribution in [1.29, 1.82) is 0 Å². The Labute approximate surface area is 225 Å². The molecule has 0 bridgehead atoms. The van der Waals surface area contributed by atoms with Crippen LogP contribution in [0.5, 0.6) is 0 Å². The van der Waals surface area contributed by atoms with Gasteiger partial charge in [0.25, 0.3) is 10.0 Å². The van der Waals surface area contributed by atoms with Gasteiger partial charge >= 0.3 is 0 Å². The van der Waals surface area contributed by atoms with E-state index in [9.17, 15) is 21.6 Å². The highest BCUT2D eigenvalue weighted by Crippen LogP contribution is 2.23. The van der Waals surface area contributed by atoms with Crippen molar-refractivity contribution in [2.45, 2.75) is 37.5 Å². The van der Waals surface area contributed by atoms with Gasteiger partial charge in [-0.15, -0.1) is 0 Å². The molecule has 1 aliphatic heterocycles. The third kappa shape index (κ3) is 7.43. The van der Waals surface area contributed by atoms with Gasteiger partial charge in [-0.3, -0.25) is 9.52 Å². The average Bonchev–Trinajstić information content (AvgIpc) is 2.89. The molecule has 0 unspecified atom stereocenters. The molecule has 0 aliphatic carbocycles. The van der Waals surface area contributed by atoms with Crippen LogP contribution in [0.25, 0.3) is 0 Å². The third-order valence-electron chi connectivity index (χ3n) is 6.56. The van der Waals surface area contributed by atoms with Gasteiger partial charge < -0.3 is 5.32 Å². The maximum atomic E-state index is 12.9. The monoisotopic (exact) mass is 555 g/mol. The highest BCUT2D eigenvalue weighted by Gasteiger charge is 2.32. The summed E-state index contributed by atoms with van der Waals surface area (Å²) in [7, 11) is -7.24. The van der Waals surface area contributed by atoms with Crippen LogP contribution in [0.2, 0.25) is 0 Å². The number of hydrogen-bond donors (Lipinski definition) is 2. The number of sulfonamides is 2. The highest BCUT2D eigenvalue weighted by molar-refractivity contribution is 7.92. The first-order valence-corrected chi connectivity index (χ1v) is 15.7. The number of piperidine rings is 1. The fraction of sp³-hybridized carbons (Fsp3) is 0.321. The summed E-state index contributed by atoms with van der Waals surface area (Å²) in [4.78, 5) is 13.0. The second-order valence-corrected chi connectivity index (χ2v) is 13.4. The zero-order valence-electron chi connectivity index (χ0n) is 21.3. The molecule has 202 valence electrons. The van der Waals surface area contributed by atoms with E-state index in [1.807, 2.05) is 43.3 Å². The Morgan fingerprint density at radius 1 is 0.921 bits per heavy atom. The molecule has 0 saturated carbocycles. The Morgan fingerprint density at radius 2 is 1.66 bits per heavy atom. The molecule has 0 radical (unpaired) electrons. The Kier molecular flexibility index (Phi) is 8.86. The molecule has 1 saturated heterocycles. The minimum absolute atomic E-state index is 0.0444. The number of aryl methyl sites for hydroxylation is 2. The minimum Gasteiger partial charge on any atom is -0.326 e. The zero-order chi connectivity index (χ0) is 27.2. The standard InChI is InChI=1S/C28H33N3O5S2/c1-22-8-5-13-26(20-22)30-38(35,36)27-16-14-25(15-17-27)29-28(32)24-12-6-18-31(21-24)37(33,34)19-7-11-23-9-3-2-4-10-23/h2-5,8-10,13-17,20,24,30H,6-7,11-12,18-19,21H2,1H3,(H,29,32)/t24-/m0/s1. The van der Waals surface area contributed by atoms with Crippen LogP contribution >= 0.6 is 0 Å². The number of benzene rings is 3. The molecule has 3 aromatic carbocycles. The summed E-state index contributed by atoms with van der Waals surface area (Å²) in [6.45, 7) is 2.44. The molecule has 10 heteroatoms. The summed E-state index contributed by atoms with van der Waals surface area (Å²) in [6, 6.07) is 22.8. The van der Waals surface area contributed by atoms with Crippen LogP contribution in [-0.2, 0) is 31.3 Å². The van der Waals surface area contributed by atoms with Crippen molar-refractivity contribution in [1.82, 2.24) is 4.31 Å². The Hall–Kier alpha value is -3.21. The van der Waals surface area contributed by atoms with Gasteiger partial charge in [0, 0.05) is 24.5 Å². The molecular weight excluding hydrogens is 522 g/mol. The van der Waals surface area contributed by atoms with Crippen LogP contribution < -0.4 is 10.0 Å². The van der Waals surface area contributed by atoms with Crippen LogP contribution in [0.15, 0.2) is 83.8 Å². The summed E-state index contributed by atoms with van der Waals surface area (Å²) >= 11 is 0. The maximum Gasteiger partial charge on any atom is 0.261 e. The van der Waals surface area contributed by atoms with Crippen LogP contribution in [0.4, 0.5) is 11.4 Å². The first-order valence-electron chi connectivity index (χ1n) is 12.6. The SMILES string of the molecule is Cc1cccc(NS(=O)(=O)c2ccc(NC(=O)[C@H]3CCCN(S(=O)(=O)CCCc4ccccc4)C3)cc2)c1. The van der Waals surface area contributed by atoms with E-state index in [0.29, 0.717) is 43.6 Å².